The second-order valence-corrected chi connectivity index (χ2v) is 4.57. The van der Waals surface area contributed by atoms with Crippen LogP contribution in [0.1, 0.15) is 17.3 Å². The molecule has 4 heteroatoms. The lowest BCUT2D eigenvalue weighted by atomic mass is 10.1. The zero-order chi connectivity index (χ0) is 13.8. The summed E-state index contributed by atoms with van der Waals surface area (Å²) in [7, 11) is 0. The summed E-state index contributed by atoms with van der Waals surface area (Å²) < 4.78 is 1.78. The van der Waals surface area contributed by atoms with Gasteiger partial charge in [-0.2, -0.15) is 4.57 Å². The van der Waals surface area contributed by atoms with Crippen LogP contribution >= 0.6 is 0 Å². The molecule has 0 fully saturated rings. The number of aromatic nitrogens is 1. The van der Waals surface area contributed by atoms with E-state index in [0.29, 0.717) is 12.1 Å². The third-order valence-electron chi connectivity index (χ3n) is 3.28. The van der Waals surface area contributed by atoms with Crippen molar-refractivity contribution in [3.63, 3.8) is 0 Å². The summed E-state index contributed by atoms with van der Waals surface area (Å²) in [6.45, 7) is 1.67. The minimum Gasteiger partial charge on any atom is -0.504 e. The van der Waals surface area contributed by atoms with Crippen LogP contribution < -0.4 is 4.57 Å². The zero-order valence-corrected chi connectivity index (χ0v) is 10.8. The van der Waals surface area contributed by atoms with Gasteiger partial charge in [-0.1, -0.05) is 30.3 Å². The fourth-order valence-corrected chi connectivity index (χ4v) is 2.18. The molecule has 4 nitrogen and oxygen atoms in total. The molecule has 3 N–H and O–H groups in total. The summed E-state index contributed by atoms with van der Waals surface area (Å²) in [5, 5.41) is 28.7. The van der Waals surface area contributed by atoms with Gasteiger partial charge in [0.05, 0.1) is 0 Å². The lowest BCUT2D eigenvalue weighted by Crippen LogP contribution is -2.45. The predicted octanol–water partition coefficient (Wildman–Crippen LogP) is 1.47. The molecule has 1 aromatic heterocycles. The first-order valence-corrected chi connectivity index (χ1v) is 6.21. The molecular formula is C15H18NO3+. The number of rotatable bonds is 4. The van der Waals surface area contributed by atoms with Crippen molar-refractivity contribution >= 4 is 0 Å². The molecule has 0 radical (unpaired) electrons. The first kappa shape index (κ1) is 13.4. The Balaban J connectivity index is 2.30. The third-order valence-corrected chi connectivity index (χ3v) is 3.28. The van der Waals surface area contributed by atoms with Gasteiger partial charge in [0.25, 0.3) is 0 Å². The molecule has 0 spiro atoms. The standard InChI is InChI=1S/C15H17NO3/c1-11-15(19)14(18)7-8-16(11)13(10-17)9-12-5-3-2-4-6-12/h2-8,13,17,19H,9-10H2,1H3/p+1. The molecule has 0 aliphatic heterocycles. The highest BCUT2D eigenvalue weighted by Gasteiger charge is 2.24. The molecule has 0 amide bonds. The Bertz CT molecular complexity index is 555. The predicted molar refractivity (Wildman–Crippen MR) is 71.0 cm³/mol. The van der Waals surface area contributed by atoms with E-state index in [-0.39, 0.29) is 24.1 Å². The Kier molecular flexibility index (Phi) is 4.02. The van der Waals surface area contributed by atoms with Crippen LogP contribution in [-0.4, -0.2) is 21.9 Å². The maximum atomic E-state index is 9.75. The number of nitrogens with zero attached hydrogens (tertiary/aromatic N) is 1. The molecule has 0 aliphatic rings. The summed E-state index contributed by atoms with van der Waals surface area (Å²) in [6.07, 6.45) is 2.33. The van der Waals surface area contributed by atoms with Gasteiger partial charge in [0.1, 0.15) is 6.61 Å². The van der Waals surface area contributed by atoms with Crippen LogP contribution in [-0.2, 0) is 6.42 Å². The monoisotopic (exact) mass is 260 g/mol. The molecule has 1 aromatic carbocycles. The lowest BCUT2D eigenvalue weighted by molar-refractivity contribution is -0.730. The summed E-state index contributed by atoms with van der Waals surface area (Å²) >= 11 is 0. The quantitative estimate of drug-likeness (QED) is 0.729. The first-order valence-electron chi connectivity index (χ1n) is 6.21. The van der Waals surface area contributed by atoms with Crippen molar-refractivity contribution in [1.29, 1.82) is 0 Å². The van der Waals surface area contributed by atoms with Gasteiger partial charge in [0.2, 0.25) is 11.4 Å². The van der Waals surface area contributed by atoms with Crippen LogP contribution in [0.3, 0.4) is 0 Å². The minimum absolute atomic E-state index is 0.0371. The second kappa shape index (κ2) is 5.71. The van der Waals surface area contributed by atoms with Gasteiger partial charge in [-0.05, 0) is 5.56 Å². The highest BCUT2D eigenvalue weighted by atomic mass is 16.3. The molecule has 2 rings (SSSR count). The molecule has 0 saturated heterocycles. The van der Waals surface area contributed by atoms with Crippen LogP contribution in [0, 0.1) is 6.92 Å². The summed E-state index contributed by atoms with van der Waals surface area (Å²) in [6, 6.07) is 11.1. The van der Waals surface area contributed by atoms with Crippen molar-refractivity contribution in [2.45, 2.75) is 19.4 Å². The molecule has 0 bridgehead atoms. The van der Waals surface area contributed by atoms with E-state index in [4.69, 9.17) is 0 Å². The van der Waals surface area contributed by atoms with Crippen molar-refractivity contribution in [1.82, 2.24) is 0 Å². The Morgan fingerprint density at radius 2 is 1.79 bits per heavy atom. The van der Waals surface area contributed by atoms with E-state index < -0.39 is 0 Å². The SMILES string of the molecule is Cc1c(O)c(O)cc[n+]1C(CO)Cc1ccccc1. The molecule has 1 atom stereocenters. The molecule has 0 saturated carbocycles. The number of hydrogen-bond acceptors (Lipinski definition) is 3. The average molecular weight is 260 g/mol. The highest BCUT2D eigenvalue weighted by molar-refractivity contribution is 5.36. The molecule has 1 heterocycles. The number of aliphatic hydroxyl groups excluding tert-OH is 1. The molecule has 1 unspecified atom stereocenters. The van der Waals surface area contributed by atoms with Crippen molar-refractivity contribution in [2.24, 2.45) is 0 Å². The van der Waals surface area contributed by atoms with E-state index in [1.54, 1.807) is 17.7 Å². The van der Waals surface area contributed by atoms with Gasteiger partial charge in [-0.3, -0.25) is 0 Å². The Labute approximate surface area is 112 Å². The highest BCUT2D eigenvalue weighted by Crippen LogP contribution is 2.25. The third kappa shape index (κ3) is 2.85. The normalized spacial score (nSPS) is 12.3. The van der Waals surface area contributed by atoms with Gasteiger partial charge in [-0.15, -0.1) is 0 Å². The minimum atomic E-state index is -0.172. The number of aliphatic hydroxyl groups is 1. The van der Waals surface area contributed by atoms with Crippen LogP contribution in [0.2, 0.25) is 0 Å². The van der Waals surface area contributed by atoms with E-state index in [2.05, 4.69) is 0 Å². The van der Waals surface area contributed by atoms with Crippen LogP contribution in [0.4, 0.5) is 0 Å². The van der Waals surface area contributed by atoms with Crippen molar-refractivity contribution in [3.05, 3.63) is 53.9 Å². The van der Waals surface area contributed by atoms with Crippen molar-refractivity contribution in [3.8, 4) is 11.5 Å². The van der Waals surface area contributed by atoms with E-state index >= 15 is 0 Å². The largest absolute Gasteiger partial charge is 0.504 e. The Morgan fingerprint density at radius 3 is 2.42 bits per heavy atom. The van der Waals surface area contributed by atoms with Gasteiger partial charge in [-0.25, -0.2) is 0 Å². The second-order valence-electron chi connectivity index (χ2n) is 4.57. The molecule has 2 aromatic rings. The van der Waals surface area contributed by atoms with E-state index in [9.17, 15) is 15.3 Å². The smallest absolute Gasteiger partial charge is 0.226 e. The summed E-state index contributed by atoms with van der Waals surface area (Å²) in [5.74, 6) is -0.292. The topological polar surface area (TPSA) is 64.6 Å². The first-order chi connectivity index (χ1) is 9.13. The fraction of sp³-hybridized carbons (Fsp3) is 0.267. The maximum Gasteiger partial charge on any atom is 0.226 e. The van der Waals surface area contributed by atoms with Crippen LogP contribution in [0.5, 0.6) is 11.5 Å². The molecule has 0 aliphatic carbocycles. The Morgan fingerprint density at radius 1 is 1.11 bits per heavy atom. The summed E-state index contributed by atoms with van der Waals surface area (Å²) in [5.41, 5.74) is 1.65. The van der Waals surface area contributed by atoms with E-state index in [1.165, 1.54) is 6.07 Å². The Hall–Kier alpha value is -2.07. The van der Waals surface area contributed by atoms with Gasteiger partial charge < -0.3 is 15.3 Å². The van der Waals surface area contributed by atoms with Gasteiger partial charge in [0.15, 0.2) is 18.0 Å². The van der Waals surface area contributed by atoms with E-state index in [1.807, 2.05) is 30.3 Å². The van der Waals surface area contributed by atoms with Crippen molar-refractivity contribution < 1.29 is 19.9 Å². The van der Waals surface area contributed by atoms with Crippen molar-refractivity contribution in [2.75, 3.05) is 6.61 Å². The number of benzene rings is 1. The lowest BCUT2D eigenvalue weighted by Gasteiger charge is -2.13. The van der Waals surface area contributed by atoms with Crippen LogP contribution in [0.25, 0.3) is 0 Å². The summed E-state index contributed by atoms with van der Waals surface area (Å²) in [4.78, 5) is 0. The molecular weight excluding hydrogens is 242 g/mol. The molecule has 19 heavy (non-hydrogen) atoms. The average Bonchev–Trinajstić information content (AvgIpc) is 2.44. The molecule has 100 valence electrons. The number of aromatic hydroxyl groups is 2. The van der Waals surface area contributed by atoms with Gasteiger partial charge in [0, 0.05) is 19.4 Å². The maximum absolute atomic E-state index is 9.75. The zero-order valence-electron chi connectivity index (χ0n) is 10.8. The number of hydrogen-bond donors (Lipinski definition) is 3. The van der Waals surface area contributed by atoms with E-state index in [0.717, 1.165) is 5.56 Å². The van der Waals surface area contributed by atoms with Crippen LogP contribution in [0.15, 0.2) is 42.6 Å². The van der Waals surface area contributed by atoms with Gasteiger partial charge >= 0.3 is 0 Å². The fourth-order valence-electron chi connectivity index (χ4n) is 2.18. The number of pyridine rings is 1.